The van der Waals surface area contributed by atoms with Gasteiger partial charge in [0.05, 0.1) is 0 Å². The molecular formula is C20H17IrN2O2-. The van der Waals surface area contributed by atoms with Gasteiger partial charge in [-0.05, 0) is 43.2 Å². The van der Waals surface area contributed by atoms with Crippen molar-refractivity contribution in [2.24, 2.45) is 0 Å². The van der Waals surface area contributed by atoms with Crippen LogP contribution in [0.25, 0.3) is 11.3 Å². The van der Waals surface area contributed by atoms with Crippen molar-refractivity contribution in [3.63, 3.8) is 0 Å². The van der Waals surface area contributed by atoms with Crippen LogP contribution in [0.5, 0.6) is 0 Å². The van der Waals surface area contributed by atoms with Gasteiger partial charge >= 0.3 is 5.97 Å². The van der Waals surface area contributed by atoms with Crippen LogP contribution in [0.2, 0.25) is 0 Å². The zero-order chi connectivity index (χ0) is 16.8. The van der Waals surface area contributed by atoms with Crippen LogP contribution in [-0.2, 0) is 32.9 Å². The van der Waals surface area contributed by atoms with E-state index >= 15 is 0 Å². The topological polar surface area (TPSA) is 63.1 Å². The zero-order valence-electron chi connectivity index (χ0n) is 13.5. The van der Waals surface area contributed by atoms with Gasteiger partial charge in [0.1, 0.15) is 5.69 Å². The third-order valence-electron chi connectivity index (χ3n) is 3.68. The summed E-state index contributed by atoms with van der Waals surface area (Å²) in [4.78, 5) is 19.8. The minimum Gasteiger partial charge on any atom is -0.477 e. The average molecular weight is 510 g/mol. The van der Waals surface area contributed by atoms with Crippen molar-refractivity contribution in [3.8, 4) is 11.3 Å². The molecule has 0 aliphatic heterocycles. The van der Waals surface area contributed by atoms with Gasteiger partial charge in [-0.2, -0.15) is 0 Å². The molecule has 0 spiro atoms. The Morgan fingerprint density at radius 2 is 1.64 bits per heavy atom. The fourth-order valence-corrected chi connectivity index (χ4v) is 2.51. The van der Waals surface area contributed by atoms with Gasteiger partial charge in [-0.3, -0.25) is 0 Å². The Morgan fingerprint density at radius 3 is 2.32 bits per heavy atom. The van der Waals surface area contributed by atoms with E-state index in [0.29, 0.717) is 0 Å². The Hall–Kier alpha value is -2.36. The van der Waals surface area contributed by atoms with Gasteiger partial charge in [0, 0.05) is 31.5 Å². The number of pyridine rings is 2. The molecule has 0 bridgehead atoms. The predicted octanol–water partition coefficient (Wildman–Crippen LogP) is 3.81. The van der Waals surface area contributed by atoms with Crippen molar-refractivity contribution in [2.75, 3.05) is 0 Å². The molecule has 0 atom stereocenters. The van der Waals surface area contributed by atoms with E-state index in [0.717, 1.165) is 41.9 Å². The summed E-state index contributed by atoms with van der Waals surface area (Å²) < 4.78 is 0. The Kier molecular flexibility index (Phi) is 6.99. The minimum atomic E-state index is -0.995. The Bertz CT molecular complexity index is 838. The molecule has 3 rings (SSSR count). The molecule has 5 heteroatoms. The first-order valence-electron chi connectivity index (χ1n) is 7.84. The second kappa shape index (κ2) is 9.21. The SMILES string of the molecule is O=C(O)c1cccc(CCCc2cccc(-c3[c-]cccc3)n2)n1.[Ir]. The summed E-state index contributed by atoms with van der Waals surface area (Å²) in [7, 11) is 0. The van der Waals surface area contributed by atoms with Crippen LogP contribution in [-0.4, -0.2) is 21.0 Å². The van der Waals surface area contributed by atoms with Gasteiger partial charge in [0.25, 0.3) is 0 Å². The molecule has 0 unspecified atom stereocenters. The van der Waals surface area contributed by atoms with Crippen molar-refractivity contribution in [3.05, 3.63) is 83.8 Å². The molecule has 1 radical (unpaired) electrons. The molecule has 0 aliphatic carbocycles. The van der Waals surface area contributed by atoms with Crippen molar-refractivity contribution in [2.45, 2.75) is 19.3 Å². The number of hydrogen-bond acceptors (Lipinski definition) is 3. The summed E-state index contributed by atoms with van der Waals surface area (Å²) in [6, 6.07) is 22.0. The van der Waals surface area contributed by atoms with Crippen molar-refractivity contribution in [1.82, 2.24) is 9.97 Å². The standard InChI is InChI=1S/C20H17N2O2.Ir/c23-20(24)19-14-6-12-17(22-19)10-4-9-16-11-5-13-18(21-16)15-7-2-1-3-8-15;/h1-3,5-7,11-14H,4,9-10H2,(H,23,24);/q-1;. The molecule has 2 aromatic heterocycles. The minimum absolute atomic E-state index is 0. The molecule has 0 aliphatic rings. The van der Waals surface area contributed by atoms with Crippen LogP contribution in [0.15, 0.2) is 60.7 Å². The van der Waals surface area contributed by atoms with E-state index in [9.17, 15) is 4.79 Å². The number of nitrogens with zero attached hydrogens (tertiary/aromatic N) is 2. The van der Waals surface area contributed by atoms with Crippen LogP contribution < -0.4 is 0 Å². The molecule has 0 saturated carbocycles. The largest absolute Gasteiger partial charge is 0.477 e. The molecule has 0 fully saturated rings. The molecule has 0 amide bonds. The Morgan fingerprint density at radius 1 is 0.920 bits per heavy atom. The average Bonchev–Trinajstić information content (AvgIpc) is 2.63. The molecule has 129 valence electrons. The summed E-state index contributed by atoms with van der Waals surface area (Å²) in [6.07, 6.45) is 2.41. The fraction of sp³-hybridized carbons (Fsp3) is 0.150. The Labute approximate surface area is 160 Å². The van der Waals surface area contributed by atoms with E-state index in [1.807, 2.05) is 48.5 Å². The van der Waals surface area contributed by atoms with Crippen molar-refractivity contribution < 1.29 is 30.0 Å². The van der Waals surface area contributed by atoms with Crippen LogP contribution in [0.3, 0.4) is 0 Å². The number of aromatic carboxylic acids is 1. The quantitative estimate of drug-likeness (QED) is 0.514. The predicted molar refractivity (Wildman–Crippen MR) is 91.7 cm³/mol. The number of aromatic nitrogens is 2. The molecule has 1 aromatic carbocycles. The number of carboxylic acids is 1. The molecule has 4 nitrogen and oxygen atoms in total. The summed E-state index contributed by atoms with van der Waals surface area (Å²) in [5.41, 5.74) is 3.79. The summed E-state index contributed by atoms with van der Waals surface area (Å²) >= 11 is 0. The summed E-state index contributed by atoms with van der Waals surface area (Å²) in [6.45, 7) is 0. The van der Waals surface area contributed by atoms with E-state index in [1.165, 1.54) is 6.07 Å². The normalized spacial score (nSPS) is 10.1. The molecule has 2 heterocycles. The van der Waals surface area contributed by atoms with E-state index in [-0.39, 0.29) is 25.8 Å². The van der Waals surface area contributed by atoms with E-state index in [4.69, 9.17) is 5.11 Å². The maximum atomic E-state index is 10.9. The number of carboxylic acid groups (broad SMARTS) is 1. The molecule has 25 heavy (non-hydrogen) atoms. The number of benzene rings is 1. The Balaban J connectivity index is 0.00000225. The van der Waals surface area contributed by atoms with Gasteiger partial charge < -0.3 is 10.1 Å². The first-order valence-corrected chi connectivity index (χ1v) is 7.84. The molecule has 0 saturated heterocycles. The summed E-state index contributed by atoms with van der Waals surface area (Å²) in [5.74, 6) is -0.995. The molecular weight excluding hydrogens is 492 g/mol. The second-order valence-electron chi connectivity index (χ2n) is 5.46. The van der Waals surface area contributed by atoms with Crippen molar-refractivity contribution >= 4 is 5.97 Å². The van der Waals surface area contributed by atoms with Gasteiger partial charge in [-0.15, -0.1) is 35.9 Å². The van der Waals surface area contributed by atoms with Crippen LogP contribution in [0.1, 0.15) is 28.3 Å². The van der Waals surface area contributed by atoms with Crippen LogP contribution in [0.4, 0.5) is 0 Å². The third kappa shape index (κ3) is 5.31. The van der Waals surface area contributed by atoms with Gasteiger partial charge in [-0.1, -0.05) is 18.2 Å². The fourth-order valence-electron chi connectivity index (χ4n) is 2.51. The first kappa shape index (κ1) is 19.0. The van der Waals surface area contributed by atoms with Crippen LogP contribution in [0, 0.1) is 6.07 Å². The molecule has 1 N–H and O–H groups in total. The zero-order valence-corrected chi connectivity index (χ0v) is 15.9. The van der Waals surface area contributed by atoms with Crippen molar-refractivity contribution in [1.29, 1.82) is 0 Å². The second-order valence-corrected chi connectivity index (χ2v) is 5.46. The number of carbonyl (C=O) groups is 1. The van der Waals surface area contributed by atoms with Crippen LogP contribution >= 0.6 is 0 Å². The van der Waals surface area contributed by atoms with Gasteiger partial charge in [-0.25, -0.2) is 9.78 Å². The maximum absolute atomic E-state index is 10.9. The first-order chi connectivity index (χ1) is 11.7. The van der Waals surface area contributed by atoms with E-state index in [2.05, 4.69) is 16.0 Å². The maximum Gasteiger partial charge on any atom is 0.354 e. The smallest absolute Gasteiger partial charge is 0.354 e. The molecule has 3 aromatic rings. The van der Waals surface area contributed by atoms with E-state index < -0.39 is 5.97 Å². The van der Waals surface area contributed by atoms with E-state index in [1.54, 1.807) is 6.07 Å². The monoisotopic (exact) mass is 510 g/mol. The number of rotatable bonds is 6. The van der Waals surface area contributed by atoms with Gasteiger partial charge in [0.15, 0.2) is 0 Å². The number of aryl methyl sites for hydroxylation is 2. The number of hydrogen-bond donors (Lipinski definition) is 1. The third-order valence-corrected chi connectivity index (χ3v) is 3.68. The van der Waals surface area contributed by atoms with Gasteiger partial charge in [0.2, 0.25) is 0 Å². The summed E-state index contributed by atoms with van der Waals surface area (Å²) in [5, 5.41) is 8.98.